The van der Waals surface area contributed by atoms with Crippen LogP contribution in [0.3, 0.4) is 0 Å². The summed E-state index contributed by atoms with van der Waals surface area (Å²) in [7, 11) is 3.49. The van der Waals surface area contributed by atoms with Gasteiger partial charge in [-0.25, -0.2) is 24.0 Å². The normalized spacial score (nSPS) is 12.1. The first-order valence-corrected chi connectivity index (χ1v) is 18.5. The number of rotatable bonds is 22. The molecule has 1 saturated heterocycles. The summed E-state index contributed by atoms with van der Waals surface area (Å²) in [6.45, 7) is 14.2. The molecule has 3 rings (SSSR count). The monoisotopic (exact) mass is 760 g/mol. The molecule has 2 amide bonds. The van der Waals surface area contributed by atoms with Gasteiger partial charge in [0.05, 0.1) is 14.2 Å². The summed E-state index contributed by atoms with van der Waals surface area (Å²) in [6, 6.07) is 16.9. The lowest BCUT2D eigenvalue weighted by Crippen LogP contribution is -2.33. The minimum absolute atomic E-state index is 0.248. The molecule has 15 nitrogen and oxygen atoms in total. The fourth-order valence-corrected chi connectivity index (χ4v) is 5.88. The molecule has 1 fully saturated rings. The Morgan fingerprint density at radius 2 is 0.907 bits per heavy atom. The Labute approximate surface area is 319 Å². The maximum Gasteiger partial charge on any atom is 0.414 e. The van der Waals surface area contributed by atoms with Crippen LogP contribution in [-0.4, -0.2) is 137 Å². The average Bonchev–Trinajstić information content (AvgIpc) is 3.51. The minimum Gasteiger partial charge on any atom is -0.496 e. The quantitative estimate of drug-likeness (QED) is 0.0902. The summed E-state index contributed by atoms with van der Waals surface area (Å²) in [5, 5.41) is 29.6. The van der Waals surface area contributed by atoms with Gasteiger partial charge in [-0.05, 0) is 64.0 Å². The van der Waals surface area contributed by atoms with Crippen LogP contribution in [0.4, 0.5) is 4.79 Å². The zero-order valence-corrected chi connectivity index (χ0v) is 32.3. The van der Waals surface area contributed by atoms with E-state index in [-0.39, 0.29) is 6.03 Å². The summed E-state index contributed by atoms with van der Waals surface area (Å²) < 4.78 is 11.0. The Kier molecular flexibility index (Phi) is 24.2. The van der Waals surface area contributed by atoms with Crippen LogP contribution in [0.5, 0.6) is 11.5 Å². The van der Waals surface area contributed by atoms with E-state index in [0.29, 0.717) is 0 Å². The predicted octanol–water partition coefficient (Wildman–Crippen LogP) is 5.22. The number of carbonyl (C=O) groups is 5. The van der Waals surface area contributed by atoms with Gasteiger partial charge in [-0.15, -0.1) is 0 Å². The molecule has 2 aromatic carbocycles. The van der Waals surface area contributed by atoms with E-state index >= 15 is 0 Å². The summed E-state index contributed by atoms with van der Waals surface area (Å²) >= 11 is 0. The highest BCUT2D eigenvalue weighted by Crippen LogP contribution is 2.21. The first kappa shape index (κ1) is 47.1. The van der Waals surface area contributed by atoms with E-state index in [4.69, 9.17) is 49.1 Å². The van der Waals surface area contributed by atoms with Gasteiger partial charge in [0, 0.05) is 50.4 Å². The zero-order valence-electron chi connectivity index (χ0n) is 32.3. The molecule has 1 aliphatic heterocycles. The van der Waals surface area contributed by atoms with Crippen LogP contribution in [0.15, 0.2) is 48.5 Å². The second-order valence-electron chi connectivity index (χ2n) is 12.7. The minimum atomic E-state index is -1.82. The van der Waals surface area contributed by atoms with Crippen LogP contribution in [0.2, 0.25) is 0 Å². The Hall–Kier alpha value is -4.89. The maximum atomic E-state index is 12.9. The van der Waals surface area contributed by atoms with Crippen LogP contribution in [-0.2, 0) is 32.3 Å². The molecule has 15 heteroatoms. The van der Waals surface area contributed by atoms with Crippen LogP contribution in [0.25, 0.3) is 0 Å². The van der Waals surface area contributed by atoms with Crippen molar-refractivity contribution in [3.05, 3.63) is 59.7 Å². The van der Waals surface area contributed by atoms with Crippen LogP contribution >= 0.6 is 0 Å². The van der Waals surface area contributed by atoms with E-state index in [2.05, 4.69) is 57.7 Å². The number of aliphatic carboxylic acids is 4. The van der Waals surface area contributed by atoms with Gasteiger partial charge >= 0.3 is 29.9 Å². The average molecular weight is 761 g/mol. The third kappa shape index (κ3) is 19.3. The molecule has 0 unspecified atom stereocenters. The predicted molar refractivity (Wildman–Crippen MR) is 204 cm³/mol. The van der Waals surface area contributed by atoms with Crippen molar-refractivity contribution in [1.29, 1.82) is 0 Å². The van der Waals surface area contributed by atoms with E-state index in [1.165, 1.54) is 49.7 Å². The highest BCUT2D eigenvalue weighted by Gasteiger charge is 2.27. The fraction of sp³-hybridized carbons (Fsp3) is 0.564. The topological polar surface area (TPSA) is 198 Å². The standard InChI is InChI=1S/C35H56N4O3.2C2H2O4/c1-5-36(29-31-19-11-13-21-33(31)41-3)23-15-7-9-17-25-38-27-28-39(35(38)40)26-18-10-8-16-24-37(6-2)30-32-20-12-14-22-34(32)42-4;2*3-1(4)2(5)6/h11-14,19-22H,5-10,15-18,23-30H2,1-4H3;2*(H,3,4)(H,5,6). The Balaban J connectivity index is 0.00000105. The zero-order chi connectivity index (χ0) is 40.3. The summed E-state index contributed by atoms with van der Waals surface area (Å²) in [6.07, 6.45) is 9.37. The van der Waals surface area contributed by atoms with Crippen LogP contribution in [0.1, 0.15) is 76.3 Å². The number of benzene rings is 2. The lowest BCUT2D eigenvalue weighted by atomic mass is 10.1. The van der Waals surface area contributed by atoms with Crippen LogP contribution < -0.4 is 9.47 Å². The van der Waals surface area contributed by atoms with Gasteiger partial charge in [0.1, 0.15) is 11.5 Å². The molecule has 4 N–H and O–H groups in total. The number of carbonyl (C=O) groups excluding carboxylic acids is 1. The van der Waals surface area contributed by atoms with Crippen molar-refractivity contribution < 1.29 is 53.9 Å². The number of amides is 2. The third-order valence-electron chi connectivity index (χ3n) is 8.92. The highest BCUT2D eigenvalue weighted by molar-refractivity contribution is 6.27. The van der Waals surface area contributed by atoms with E-state index in [9.17, 15) is 4.79 Å². The molecule has 2 aromatic rings. The third-order valence-corrected chi connectivity index (χ3v) is 8.92. The first-order valence-electron chi connectivity index (χ1n) is 18.5. The highest BCUT2D eigenvalue weighted by atomic mass is 16.5. The summed E-state index contributed by atoms with van der Waals surface area (Å²) in [5.41, 5.74) is 2.50. The van der Waals surface area contributed by atoms with Gasteiger partial charge in [0.25, 0.3) is 0 Å². The van der Waals surface area contributed by atoms with Crippen molar-refractivity contribution in [2.75, 3.05) is 66.6 Å². The van der Waals surface area contributed by atoms with Crippen molar-refractivity contribution in [2.45, 2.75) is 78.3 Å². The van der Waals surface area contributed by atoms with Crippen molar-refractivity contribution in [1.82, 2.24) is 19.6 Å². The molecule has 0 saturated carbocycles. The van der Waals surface area contributed by atoms with Gasteiger partial charge in [-0.2, -0.15) is 0 Å². The molecule has 1 heterocycles. The molecule has 1 aliphatic rings. The number of nitrogens with zero attached hydrogens (tertiary/aromatic N) is 4. The molecule has 0 bridgehead atoms. The number of urea groups is 1. The SMILES string of the molecule is CCN(CCCCCCN1CCN(CCCCCCN(CC)Cc2ccccc2OC)C1=O)Cc1ccccc1OC.O=C(O)C(=O)O.O=C(O)C(=O)O. The Bertz CT molecular complexity index is 1300. The van der Waals surface area contributed by atoms with E-state index in [0.717, 1.165) is 89.8 Å². The molecular weight excluding hydrogens is 700 g/mol. The molecular formula is C39H60N4O11. The van der Waals surface area contributed by atoms with Gasteiger partial charge in [0.2, 0.25) is 0 Å². The number of hydrogen-bond donors (Lipinski definition) is 4. The second kappa shape index (κ2) is 27.7. The van der Waals surface area contributed by atoms with Gasteiger partial charge in [0.15, 0.2) is 0 Å². The second-order valence-corrected chi connectivity index (χ2v) is 12.7. The number of para-hydroxylation sites is 2. The first-order chi connectivity index (χ1) is 25.9. The largest absolute Gasteiger partial charge is 0.496 e. The van der Waals surface area contributed by atoms with E-state index in [1.807, 2.05) is 24.3 Å². The number of unbranched alkanes of at least 4 members (excludes halogenated alkanes) is 6. The molecule has 0 radical (unpaired) electrons. The van der Waals surface area contributed by atoms with Gasteiger partial charge < -0.3 is 39.7 Å². The van der Waals surface area contributed by atoms with E-state index < -0.39 is 23.9 Å². The van der Waals surface area contributed by atoms with Crippen molar-refractivity contribution in [3.8, 4) is 11.5 Å². The fourth-order valence-electron chi connectivity index (χ4n) is 5.88. The molecule has 0 atom stereocenters. The molecule has 54 heavy (non-hydrogen) atoms. The lowest BCUT2D eigenvalue weighted by molar-refractivity contribution is -0.159. The van der Waals surface area contributed by atoms with Gasteiger partial charge in [-0.3, -0.25) is 9.80 Å². The summed E-state index contributed by atoms with van der Waals surface area (Å²) in [4.78, 5) is 58.4. The van der Waals surface area contributed by atoms with Crippen molar-refractivity contribution >= 4 is 29.9 Å². The van der Waals surface area contributed by atoms with E-state index in [1.54, 1.807) is 14.2 Å². The Morgan fingerprint density at radius 1 is 0.574 bits per heavy atom. The molecule has 0 spiro atoms. The smallest absolute Gasteiger partial charge is 0.414 e. The summed E-state index contributed by atoms with van der Waals surface area (Å²) in [5.74, 6) is -5.35. The van der Waals surface area contributed by atoms with Crippen LogP contribution in [0, 0.1) is 0 Å². The number of ether oxygens (including phenoxy) is 2. The number of carboxylic acid groups (broad SMARTS) is 4. The molecule has 0 aromatic heterocycles. The molecule has 0 aliphatic carbocycles. The number of hydrogen-bond acceptors (Lipinski definition) is 9. The Morgan fingerprint density at radius 3 is 1.22 bits per heavy atom. The van der Waals surface area contributed by atoms with Crippen molar-refractivity contribution in [3.63, 3.8) is 0 Å². The molecule has 302 valence electrons. The number of carboxylic acids is 4. The number of methoxy groups -OCH3 is 2. The van der Waals surface area contributed by atoms with Gasteiger partial charge in [-0.1, -0.05) is 75.9 Å². The maximum absolute atomic E-state index is 12.9. The van der Waals surface area contributed by atoms with Crippen molar-refractivity contribution in [2.24, 2.45) is 0 Å². The lowest BCUT2D eigenvalue weighted by Gasteiger charge is -2.22.